The molecule has 0 bridgehead atoms. The van der Waals surface area contributed by atoms with Gasteiger partial charge < -0.3 is 9.80 Å². The molecule has 1 aromatic heterocycles. The van der Waals surface area contributed by atoms with Crippen LogP contribution in [0.5, 0.6) is 0 Å². The van der Waals surface area contributed by atoms with Gasteiger partial charge in [0.2, 0.25) is 5.91 Å². The number of hydrogen-bond donors (Lipinski definition) is 0. The van der Waals surface area contributed by atoms with Crippen molar-refractivity contribution in [3.05, 3.63) is 57.2 Å². The summed E-state index contributed by atoms with van der Waals surface area (Å²) < 4.78 is 0. The second kappa shape index (κ2) is 8.40. The molecule has 2 aliphatic heterocycles. The second-order valence-corrected chi connectivity index (χ2v) is 10.1. The lowest BCUT2D eigenvalue weighted by molar-refractivity contribution is -0.142. The van der Waals surface area contributed by atoms with Crippen LogP contribution in [0.1, 0.15) is 61.4 Å². The summed E-state index contributed by atoms with van der Waals surface area (Å²) >= 11 is 7.74. The number of thiophene rings is 1. The first-order valence-corrected chi connectivity index (χ1v) is 12.3. The van der Waals surface area contributed by atoms with Crippen molar-refractivity contribution in [2.24, 2.45) is 4.99 Å². The summed E-state index contributed by atoms with van der Waals surface area (Å²) in [6.45, 7) is 0.850. The largest absolute Gasteiger partial charge is 0.333 e. The summed E-state index contributed by atoms with van der Waals surface area (Å²) in [4.78, 5) is 36.9. The highest BCUT2D eigenvalue weighted by Gasteiger charge is 2.49. The summed E-state index contributed by atoms with van der Waals surface area (Å²) in [5, 5.41) is 2.69. The molecule has 2 amide bonds. The Bertz CT molecular complexity index is 996. The van der Waals surface area contributed by atoms with Gasteiger partial charge in [-0.25, -0.2) is 0 Å². The molecule has 31 heavy (non-hydrogen) atoms. The Balaban J connectivity index is 1.41. The molecule has 1 aromatic carbocycles. The SMILES string of the molecule is O=C(CN1C(=O)C(c2ccc(Cl)cc2)=NC12CCCCC2)N1CCCC1c1cccs1. The van der Waals surface area contributed by atoms with Gasteiger partial charge in [-0.3, -0.25) is 14.6 Å². The van der Waals surface area contributed by atoms with Crippen LogP contribution < -0.4 is 0 Å². The molecule has 1 unspecified atom stereocenters. The molecule has 1 atom stereocenters. The van der Waals surface area contributed by atoms with E-state index in [-0.39, 0.29) is 24.4 Å². The van der Waals surface area contributed by atoms with Crippen LogP contribution >= 0.6 is 22.9 Å². The van der Waals surface area contributed by atoms with E-state index in [1.54, 1.807) is 28.4 Å². The number of halogens is 1. The van der Waals surface area contributed by atoms with E-state index in [0.717, 1.165) is 57.1 Å². The van der Waals surface area contributed by atoms with Gasteiger partial charge in [0.25, 0.3) is 5.91 Å². The Kier molecular flexibility index (Phi) is 5.61. The van der Waals surface area contributed by atoms with Crippen molar-refractivity contribution >= 4 is 40.5 Å². The minimum atomic E-state index is -0.585. The summed E-state index contributed by atoms with van der Waals surface area (Å²) in [5.41, 5.74) is 0.646. The average Bonchev–Trinajstić information content (AvgIpc) is 3.52. The molecule has 0 N–H and O–H groups in total. The number of nitrogens with zero attached hydrogens (tertiary/aromatic N) is 3. The lowest BCUT2D eigenvalue weighted by Crippen LogP contribution is -2.52. The van der Waals surface area contributed by atoms with Gasteiger partial charge in [-0.15, -0.1) is 11.3 Å². The fraction of sp³-hybridized carbons (Fsp3) is 0.458. The molecule has 162 valence electrons. The number of rotatable bonds is 4. The normalized spacial score (nSPS) is 22.9. The fourth-order valence-corrected chi connectivity index (χ4v) is 6.22. The Labute approximate surface area is 191 Å². The molecule has 1 saturated carbocycles. The first kappa shape index (κ1) is 20.7. The fourth-order valence-electron chi connectivity index (χ4n) is 5.22. The molecule has 1 aliphatic carbocycles. The molecular formula is C24H26ClN3O2S. The van der Waals surface area contributed by atoms with E-state index in [9.17, 15) is 9.59 Å². The molecule has 3 heterocycles. The quantitative estimate of drug-likeness (QED) is 0.647. The lowest BCUT2D eigenvalue weighted by atomic mass is 9.88. The predicted molar refractivity (Wildman–Crippen MR) is 124 cm³/mol. The number of aliphatic imine (C=N–C) groups is 1. The van der Waals surface area contributed by atoms with Crippen LogP contribution in [-0.2, 0) is 9.59 Å². The minimum absolute atomic E-state index is 0.0294. The van der Waals surface area contributed by atoms with Crippen molar-refractivity contribution in [2.45, 2.75) is 56.7 Å². The topological polar surface area (TPSA) is 53.0 Å². The van der Waals surface area contributed by atoms with Gasteiger partial charge >= 0.3 is 0 Å². The second-order valence-electron chi connectivity index (χ2n) is 8.66. The highest BCUT2D eigenvalue weighted by atomic mass is 35.5. The van der Waals surface area contributed by atoms with Gasteiger partial charge in [0.1, 0.15) is 17.9 Å². The third kappa shape index (κ3) is 3.80. The van der Waals surface area contributed by atoms with E-state index in [1.807, 2.05) is 23.1 Å². The van der Waals surface area contributed by atoms with Crippen LogP contribution in [0.4, 0.5) is 0 Å². The standard InChI is InChI=1S/C24H26ClN3O2S/c25-18-10-8-17(9-11-18)22-23(30)28(24(26-22)12-2-1-3-13-24)16-21(29)27-14-4-6-19(27)20-7-5-15-31-20/h5,7-11,15,19H,1-4,6,12-14,16H2. The highest BCUT2D eigenvalue weighted by Crippen LogP contribution is 2.41. The Morgan fingerprint density at radius 3 is 2.61 bits per heavy atom. The highest BCUT2D eigenvalue weighted by molar-refractivity contribution is 7.10. The van der Waals surface area contributed by atoms with Crippen LogP contribution in [-0.4, -0.2) is 46.1 Å². The summed E-state index contributed by atoms with van der Waals surface area (Å²) in [7, 11) is 0. The van der Waals surface area contributed by atoms with Gasteiger partial charge in [-0.2, -0.15) is 0 Å². The van der Waals surface area contributed by atoms with Crippen molar-refractivity contribution < 1.29 is 9.59 Å². The van der Waals surface area contributed by atoms with Crippen molar-refractivity contribution in [3.8, 4) is 0 Å². The number of carbonyl (C=O) groups is 2. The third-order valence-corrected chi connectivity index (χ3v) is 8.01. The number of hydrogen-bond acceptors (Lipinski definition) is 4. The van der Waals surface area contributed by atoms with Crippen LogP contribution in [0.15, 0.2) is 46.8 Å². The van der Waals surface area contributed by atoms with E-state index < -0.39 is 5.66 Å². The Morgan fingerprint density at radius 1 is 1.13 bits per heavy atom. The zero-order valence-electron chi connectivity index (χ0n) is 17.4. The zero-order valence-corrected chi connectivity index (χ0v) is 19.0. The van der Waals surface area contributed by atoms with Crippen LogP contribution in [0.2, 0.25) is 5.02 Å². The first-order valence-electron chi connectivity index (χ1n) is 11.1. The van der Waals surface area contributed by atoms with Crippen molar-refractivity contribution in [2.75, 3.05) is 13.1 Å². The van der Waals surface area contributed by atoms with Crippen LogP contribution in [0.25, 0.3) is 0 Å². The van der Waals surface area contributed by atoms with E-state index in [0.29, 0.717) is 10.7 Å². The molecule has 1 spiro atoms. The summed E-state index contributed by atoms with van der Waals surface area (Å²) in [5.74, 6) is -0.105. The van der Waals surface area contributed by atoms with Crippen molar-refractivity contribution in [1.82, 2.24) is 9.80 Å². The molecule has 5 nitrogen and oxygen atoms in total. The number of carbonyl (C=O) groups excluding carboxylic acids is 2. The summed E-state index contributed by atoms with van der Waals surface area (Å²) in [6.07, 6.45) is 6.82. The van der Waals surface area contributed by atoms with Crippen molar-refractivity contribution in [1.29, 1.82) is 0 Å². The molecule has 1 saturated heterocycles. The first-order chi connectivity index (χ1) is 15.1. The number of likely N-dealkylation sites (tertiary alicyclic amines) is 1. The monoisotopic (exact) mass is 455 g/mol. The molecule has 0 radical (unpaired) electrons. The maximum absolute atomic E-state index is 13.5. The maximum Gasteiger partial charge on any atom is 0.275 e. The molecule has 3 aliphatic rings. The summed E-state index contributed by atoms with van der Waals surface area (Å²) in [6, 6.07) is 11.5. The molecular weight excluding hydrogens is 430 g/mol. The van der Waals surface area contributed by atoms with E-state index in [2.05, 4.69) is 11.4 Å². The van der Waals surface area contributed by atoms with Crippen LogP contribution in [0, 0.1) is 0 Å². The molecule has 2 aromatic rings. The third-order valence-electron chi connectivity index (χ3n) is 6.78. The van der Waals surface area contributed by atoms with Gasteiger partial charge in [0.05, 0.1) is 6.04 Å². The number of benzene rings is 1. The lowest BCUT2D eigenvalue weighted by Gasteiger charge is -2.39. The van der Waals surface area contributed by atoms with Crippen molar-refractivity contribution in [3.63, 3.8) is 0 Å². The van der Waals surface area contributed by atoms with E-state index >= 15 is 0 Å². The van der Waals surface area contributed by atoms with E-state index in [1.165, 1.54) is 4.88 Å². The Morgan fingerprint density at radius 2 is 1.90 bits per heavy atom. The predicted octanol–water partition coefficient (Wildman–Crippen LogP) is 5.06. The smallest absolute Gasteiger partial charge is 0.275 e. The van der Waals surface area contributed by atoms with Crippen LogP contribution in [0.3, 0.4) is 0 Å². The Hall–Kier alpha value is -2.18. The molecule has 2 fully saturated rings. The van der Waals surface area contributed by atoms with Gasteiger partial charge in [0.15, 0.2) is 0 Å². The minimum Gasteiger partial charge on any atom is -0.333 e. The maximum atomic E-state index is 13.5. The van der Waals surface area contributed by atoms with E-state index in [4.69, 9.17) is 16.6 Å². The van der Waals surface area contributed by atoms with Gasteiger partial charge in [-0.05, 0) is 62.1 Å². The molecule has 5 rings (SSSR count). The molecule has 7 heteroatoms. The number of amides is 2. The zero-order chi connectivity index (χ0) is 21.4. The van der Waals surface area contributed by atoms with Gasteiger partial charge in [-0.1, -0.05) is 36.2 Å². The average molecular weight is 456 g/mol. The van der Waals surface area contributed by atoms with Gasteiger partial charge in [0, 0.05) is 22.0 Å².